The number of aryl methyl sites for hydroxylation is 1. The molecule has 0 unspecified atom stereocenters. The summed E-state index contributed by atoms with van der Waals surface area (Å²) in [5.41, 5.74) is 2.31. The highest BCUT2D eigenvalue weighted by Gasteiger charge is 2.03. The molecule has 0 saturated heterocycles. The van der Waals surface area contributed by atoms with Crippen LogP contribution in [0.3, 0.4) is 0 Å². The number of aromatic nitrogens is 1. The zero-order chi connectivity index (χ0) is 17.2. The normalized spacial score (nSPS) is 10.9. The molecule has 1 aromatic carbocycles. The molecule has 2 N–H and O–H groups in total. The summed E-state index contributed by atoms with van der Waals surface area (Å²) in [5, 5.41) is 9.87. The first-order chi connectivity index (χ1) is 11.7. The van der Waals surface area contributed by atoms with Crippen molar-refractivity contribution < 1.29 is 4.74 Å². The number of nitrogens with one attached hydrogen (secondary N) is 2. The summed E-state index contributed by atoms with van der Waals surface area (Å²) in [6, 6.07) is 8.11. The molecule has 1 aromatic heterocycles. The van der Waals surface area contributed by atoms with Gasteiger partial charge < -0.3 is 15.4 Å². The molecule has 1 heterocycles. The van der Waals surface area contributed by atoms with E-state index in [9.17, 15) is 0 Å². The summed E-state index contributed by atoms with van der Waals surface area (Å²) in [7, 11) is 1.71. The van der Waals surface area contributed by atoms with Crippen molar-refractivity contribution in [1.82, 2.24) is 15.6 Å². The molecule has 0 saturated carbocycles. The average Bonchev–Trinajstić information content (AvgIpc) is 3.00. The maximum Gasteiger partial charge on any atom is 0.191 e. The van der Waals surface area contributed by atoms with Gasteiger partial charge in [0.1, 0.15) is 5.75 Å². The lowest BCUT2D eigenvalue weighted by Gasteiger charge is -2.12. The number of nitrogens with zero attached hydrogens (tertiary/aromatic N) is 2. The fourth-order valence-corrected chi connectivity index (χ4v) is 3.02. The molecular formula is C18H27IN4OS. The summed E-state index contributed by atoms with van der Waals surface area (Å²) in [5.74, 6) is 1.78. The first-order valence-corrected chi connectivity index (χ1v) is 9.16. The Morgan fingerprint density at radius 2 is 2.04 bits per heavy atom. The number of halogens is 1. The summed E-state index contributed by atoms with van der Waals surface area (Å²) >= 11 is 1.69. The van der Waals surface area contributed by atoms with Gasteiger partial charge in [0, 0.05) is 31.4 Å². The Morgan fingerprint density at radius 3 is 2.72 bits per heavy atom. The molecule has 2 rings (SSSR count). The average molecular weight is 474 g/mol. The van der Waals surface area contributed by atoms with E-state index in [0.29, 0.717) is 0 Å². The molecule has 2 aromatic rings. The predicted octanol–water partition coefficient (Wildman–Crippen LogP) is 3.42. The smallest absolute Gasteiger partial charge is 0.191 e. The standard InChI is InChI=1S/C18H26N4OS.HI/c1-4-19-18(21-12-10-16-13-24-14(2)22-16)20-11-9-15-7-5-6-8-17(15)23-3;/h5-8,13H,4,9-12H2,1-3H3,(H2,19,20,21);1H. The lowest BCUT2D eigenvalue weighted by atomic mass is 10.1. The molecule has 0 bridgehead atoms. The number of aliphatic imine (C=N–C) groups is 1. The SMILES string of the molecule is CCNC(=NCCc1csc(C)n1)NCCc1ccccc1OC.I. The maximum absolute atomic E-state index is 5.39. The minimum atomic E-state index is 0. The van der Waals surface area contributed by atoms with Gasteiger partial charge in [-0.05, 0) is 31.9 Å². The lowest BCUT2D eigenvalue weighted by Crippen LogP contribution is -2.38. The molecule has 0 aliphatic rings. The monoisotopic (exact) mass is 474 g/mol. The highest BCUT2D eigenvalue weighted by Crippen LogP contribution is 2.17. The Balaban J connectivity index is 0.00000312. The van der Waals surface area contributed by atoms with Crippen LogP contribution in [0.25, 0.3) is 0 Å². The molecule has 7 heteroatoms. The molecule has 0 fully saturated rings. The van der Waals surface area contributed by atoms with Crippen LogP contribution in [-0.2, 0) is 12.8 Å². The number of thiazole rings is 1. The van der Waals surface area contributed by atoms with Gasteiger partial charge in [-0.25, -0.2) is 4.98 Å². The van der Waals surface area contributed by atoms with Gasteiger partial charge in [0.2, 0.25) is 0 Å². The van der Waals surface area contributed by atoms with Gasteiger partial charge in [-0.3, -0.25) is 4.99 Å². The van der Waals surface area contributed by atoms with E-state index in [1.165, 1.54) is 5.56 Å². The number of hydrogen-bond donors (Lipinski definition) is 2. The Labute approximate surface area is 171 Å². The van der Waals surface area contributed by atoms with Crippen LogP contribution in [0.1, 0.15) is 23.2 Å². The van der Waals surface area contributed by atoms with Gasteiger partial charge in [-0.1, -0.05) is 18.2 Å². The van der Waals surface area contributed by atoms with E-state index in [2.05, 4.69) is 39.0 Å². The van der Waals surface area contributed by atoms with Crippen molar-refractivity contribution in [3.63, 3.8) is 0 Å². The van der Waals surface area contributed by atoms with Crippen LogP contribution in [0.5, 0.6) is 5.75 Å². The number of benzene rings is 1. The molecule has 0 radical (unpaired) electrons. The van der Waals surface area contributed by atoms with Crippen molar-refractivity contribution >= 4 is 41.3 Å². The zero-order valence-electron chi connectivity index (χ0n) is 15.0. The van der Waals surface area contributed by atoms with Gasteiger partial charge in [0.15, 0.2) is 5.96 Å². The van der Waals surface area contributed by atoms with Crippen LogP contribution >= 0.6 is 35.3 Å². The third-order valence-corrected chi connectivity index (χ3v) is 4.35. The van der Waals surface area contributed by atoms with Crippen molar-refractivity contribution in [3.8, 4) is 5.75 Å². The molecule has 138 valence electrons. The molecule has 0 aliphatic heterocycles. The lowest BCUT2D eigenvalue weighted by molar-refractivity contribution is 0.409. The van der Waals surface area contributed by atoms with E-state index in [-0.39, 0.29) is 24.0 Å². The molecule has 0 amide bonds. The minimum absolute atomic E-state index is 0. The van der Waals surface area contributed by atoms with Gasteiger partial charge in [-0.2, -0.15) is 0 Å². The van der Waals surface area contributed by atoms with E-state index >= 15 is 0 Å². The molecule has 0 atom stereocenters. The first kappa shape index (κ1) is 21.7. The Bertz CT molecular complexity index is 660. The van der Waals surface area contributed by atoms with Gasteiger partial charge in [0.05, 0.1) is 17.8 Å². The molecule has 0 aliphatic carbocycles. The van der Waals surface area contributed by atoms with Crippen LogP contribution in [0.2, 0.25) is 0 Å². The fraction of sp³-hybridized carbons (Fsp3) is 0.444. The van der Waals surface area contributed by atoms with Crippen LogP contribution in [0, 0.1) is 6.92 Å². The second-order valence-corrected chi connectivity index (χ2v) is 6.42. The third-order valence-electron chi connectivity index (χ3n) is 3.53. The second kappa shape index (κ2) is 12.1. The molecule has 0 spiro atoms. The summed E-state index contributed by atoms with van der Waals surface area (Å²) in [6.45, 7) is 6.48. The topological polar surface area (TPSA) is 58.5 Å². The van der Waals surface area contributed by atoms with Gasteiger partial charge in [0.25, 0.3) is 0 Å². The number of rotatable bonds is 8. The van der Waals surface area contributed by atoms with Crippen molar-refractivity contribution in [3.05, 3.63) is 45.9 Å². The third kappa shape index (κ3) is 7.60. The van der Waals surface area contributed by atoms with Gasteiger partial charge >= 0.3 is 0 Å². The Hall–Kier alpha value is -1.35. The van der Waals surface area contributed by atoms with Crippen LogP contribution < -0.4 is 15.4 Å². The van der Waals surface area contributed by atoms with E-state index in [1.807, 2.05) is 25.1 Å². The van der Waals surface area contributed by atoms with Crippen LogP contribution in [-0.4, -0.2) is 37.7 Å². The van der Waals surface area contributed by atoms with Gasteiger partial charge in [-0.15, -0.1) is 35.3 Å². The Morgan fingerprint density at radius 1 is 1.24 bits per heavy atom. The second-order valence-electron chi connectivity index (χ2n) is 5.36. The number of guanidine groups is 1. The molecule has 25 heavy (non-hydrogen) atoms. The molecule has 5 nitrogen and oxygen atoms in total. The van der Waals surface area contributed by atoms with Crippen molar-refractivity contribution in [2.45, 2.75) is 26.7 Å². The van der Waals surface area contributed by atoms with E-state index in [1.54, 1.807) is 18.4 Å². The quantitative estimate of drug-likeness (QED) is 0.350. The van der Waals surface area contributed by atoms with Crippen LogP contribution in [0.4, 0.5) is 0 Å². The van der Waals surface area contributed by atoms with Crippen molar-refractivity contribution in [2.75, 3.05) is 26.7 Å². The predicted molar refractivity (Wildman–Crippen MR) is 117 cm³/mol. The maximum atomic E-state index is 5.39. The van der Waals surface area contributed by atoms with E-state index < -0.39 is 0 Å². The van der Waals surface area contributed by atoms with E-state index in [4.69, 9.17) is 4.74 Å². The minimum Gasteiger partial charge on any atom is -0.496 e. The number of methoxy groups -OCH3 is 1. The fourth-order valence-electron chi connectivity index (χ4n) is 2.37. The van der Waals surface area contributed by atoms with Crippen molar-refractivity contribution in [2.24, 2.45) is 4.99 Å². The highest BCUT2D eigenvalue weighted by molar-refractivity contribution is 14.0. The summed E-state index contributed by atoms with van der Waals surface area (Å²) < 4.78 is 5.39. The number of para-hydroxylation sites is 1. The first-order valence-electron chi connectivity index (χ1n) is 8.28. The largest absolute Gasteiger partial charge is 0.496 e. The number of ether oxygens (including phenoxy) is 1. The summed E-state index contributed by atoms with van der Waals surface area (Å²) in [4.78, 5) is 9.09. The van der Waals surface area contributed by atoms with E-state index in [0.717, 1.165) is 54.9 Å². The Kier molecular flexibility index (Phi) is 10.5. The van der Waals surface area contributed by atoms with Crippen molar-refractivity contribution in [1.29, 1.82) is 0 Å². The number of hydrogen-bond acceptors (Lipinski definition) is 4. The highest BCUT2D eigenvalue weighted by atomic mass is 127. The van der Waals surface area contributed by atoms with Crippen LogP contribution in [0.15, 0.2) is 34.6 Å². The molecular weight excluding hydrogens is 447 g/mol. The zero-order valence-corrected chi connectivity index (χ0v) is 18.2. The summed E-state index contributed by atoms with van der Waals surface area (Å²) in [6.07, 6.45) is 1.76.